The largest absolute Gasteiger partial charge is 0.396 e. The highest BCUT2D eigenvalue weighted by atomic mass is 16.3. The van der Waals surface area contributed by atoms with Crippen molar-refractivity contribution in [3.63, 3.8) is 0 Å². The fraction of sp³-hybridized carbons (Fsp3) is 0.636. The molecule has 0 spiro atoms. The molecule has 70 valence electrons. The Kier molecular flexibility index (Phi) is 5.73. The van der Waals surface area contributed by atoms with E-state index < -0.39 is 0 Å². The number of hydrogen-bond donors (Lipinski definition) is 1. The second-order valence-electron chi connectivity index (χ2n) is 3.66. The van der Waals surface area contributed by atoms with E-state index in [1.807, 2.05) is 6.92 Å². The van der Waals surface area contributed by atoms with Gasteiger partial charge < -0.3 is 5.11 Å². The van der Waals surface area contributed by atoms with Crippen molar-refractivity contribution in [1.82, 2.24) is 0 Å². The monoisotopic (exact) mass is 168 g/mol. The summed E-state index contributed by atoms with van der Waals surface area (Å²) >= 11 is 0. The van der Waals surface area contributed by atoms with Gasteiger partial charge in [0.2, 0.25) is 0 Å². The van der Waals surface area contributed by atoms with Crippen LogP contribution in [-0.2, 0) is 0 Å². The second kappa shape index (κ2) is 6.01. The zero-order chi connectivity index (χ0) is 9.56. The molecule has 1 unspecified atom stereocenters. The fourth-order valence-corrected chi connectivity index (χ4v) is 0.972. The van der Waals surface area contributed by atoms with Gasteiger partial charge in [0.25, 0.3) is 0 Å². The highest BCUT2D eigenvalue weighted by molar-refractivity contribution is 5.08. The maximum atomic E-state index is 8.80. The number of allylic oxidation sites excluding steroid dienone is 3. The van der Waals surface area contributed by atoms with Crippen molar-refractivity contribution in [3.05, 3.63) is 23.3 Å². The van der Waals surface area contributed by atoms with E-state index in [0.717, 1.165) is 6.42 Å². The average molecular weight is 168 g/mol. The van der Waals surface area contributed by atoms with Crippen molar-refractivity contribution in [2.75, 3.05) is 6.61 Å². The maximum absolute atomic E-state index is 8.80. The smallest absolute Gasteiger partial charge is 0.0491 e. The van der Waals surface area contributed by atoms with E-state index in [4.69, 9.17) is 5.11 Å². The number of hydrogen-bond acceptors (Lipinski definition) is 1. The SMILES string of the molecule is CC(C)=CCC(C)=CC(C)CO. The first-order valence-electron chi connectivity index (χ1n) is 4.47. The molecule has 0 saturated heterocycles. The summed E-state index contributed by atoms with van der Waals surface area (Å²) in [6, 6.07) is 0. The zero-order valence-electron chi connectivity index (χ0n) is 8.59. The minimum atomic E-state index is 0.242. The summed E-state index contributed by atoms with van der Waals surface area (Å²) in [6.45, 7) is 8.56. The second-order valence-corrected chi connectivity index (χ2v) is 3.66. The van der Waals surface area contributed by atoms with Crippen molar-refractivity contribution < 1.29 is 5.11 Å². The van der Waals surface area contributed by atoms with Crippen molar-refractivity contribution in [3.8, 4) is 0 Å². The van der Waals surface area contributed by atoms with Crippen LogP contribution in [0.2, 0.25) is 0 Å². The molecule has 1 heteroatoms. The lowest BCUT2D eigenvalue weighted by molar-refractivity contribution is 0.261. The van der Waals surface area contributed by atoms with Gasteiger partial charge in [0.05, 0.1) is 0 Å². The molecular weight excluding hydrogens is 148 g/mol. The topological polar surface area (TPSA) is 20.2 Å². The van der Waals surface area contributed by atoms with Crippen molar-refractivity contribution in [2.24, 2.45) is 5.92 Å². The molecule has 12 heavy (non-hydrogen) atoms. The Morgan fingerprint density at radius 3 is 2.33 bits per heavy atom. The van der Waals surface area contributed by atoms with Crippen LogP contribution in [0.3, 0.4) is 0 Å². The normalized spacial score (nSPS) is 14.2. The standard InChI is InChI=1S/C11H20O/c1-9(2)5-6-10(3)7-11(4)8-12/h5,7,11-12H,6,8H2,1-4H3. The van der Waals surface area contributed by atoms with Crippen LogP contribution in [-0.4, -0.2) is 11.7 Å². The van der Waals surface area contributed by atoms with E-state index in [1.165, 1.54) is 11.1 Å². The lowest BCUT2D eigenvalue weighted by Crippen LogP contribution is -1.96. The first-order chi connectivity index (χ1) is 5.56. The molecule has 0 rings (SSSR count). The summed E-state index contributed by atoms with van der Waals surface area (Å²) in [5, 5.41) is 8.80. The molecule has 0 aromatic rings. The maximum Gasteiger partial charge on any atom is 0.0491 e. The van der Waals surface area contributed by atoms with Gasteiger partial charge in [-0.25, -0.2) is 0 Å². The number of aliphatic hydroxyl groups is 1. The van der Waals surface area contributed by atoms with E-state index in [9.17, 15) is 0 Å². The Hall–Kier alpha value is -0.560. The Morgan fingerprint density at radius 1 is 1.33 bits per heavy atom. The Morgan fingerprint density at radius 2 is 1.92 bits per heavy atom. The Labute approximate surface area is 75.8 Å². The lowest BCUT2D eigenvalue weighted by atomic mass is 10.1. The third-order valence-corrected chi connectivity index (χ3v) is 1.69. The molecule has 0 amide bonds. The van der Waals surface area contributed by atoms with Gasteiger partial charge in [0.15, 0.2) is 0 Å². The van der Waals surface area contributed by atoms with Crippen LogP contribution >= 0.6 is 0 Å². The highest BCUT2D eigenvalue weighted by Gasteiger charge is 1.94. The molecule has 0 bridgehead atoms. The van der Waals surface area contributed by atoms with Crippen LogP contribution in [0.15, 0.2) is 23.3 Å². The molecule has 0 aliphatic rings. The van der Waals surface area contributed by atoms with E-state index in [0.29, 0.717) is 0 Å². The molecule has 0 fully saturated rings. The van der Waals surface area contributed by atoms with Gasteiger partial charge in [-0.15, -0.1) is 0 Å². The molecule has 1 atom stereocenters. The molecule has 1 nitrogen and oxygen atoms in total. The molecule has 0 heterocycles. The molecule has 0 aromatic heterocycles. The first-order valence-corrected chi connectivity index (χ1v) is 4.47. The van der Waals surface area contributed by atoms with Crippen molar-refractivity contribution in [2.45, 2.75) is 34.1 Å². The lowest BCUT2D eigenvalue weighted by Gasteiger charge is -2.02. The van der Waals surface area contributed by atoms with E-state index >= 15 is 0 Å². The minimum absolute atomic E-state index is 0.242. The van der Waals surface area contributed by atoms with Crippen LogP contribution in [0.5, 0.6) is 0 Å². The predicted octanol–water partition coefficient (Wildman–Crippen LogP) is 2.92. The highest BCUT2D eigenvalue weighted by Crippen LogP contribution is 2.07. The van der Waals surface area contributed by atoms with Gasteiger partial charge in [0.1, 0.15) is 0 Å². The summed E-state index contributed by atoms with van der Waals surface area (Å²) in [5.74, 6) is 0.288. The van der Waals surface area contributed by atoms with Crippen LogP contribution < -0.4 is 0 Å². The molecule has 0 saturated carbocycles. The van der Waals surface area contributed by atoms with E-state index in [2.05, 4.69) is 32.9 Å². The van der Waals surface area contributed by atoms with E-state index in [1.54, 1.807) is 0 Å². The summed E-state index contributed by atoms with van der Waals surface area (Å²) in [6.07, 6.45) is 5.34. The summed E-state index contributed by atoms with van der Waals surface area (Å²) < 4.78 is 0. The van der Waals surface area contributed by atoms with Gasteiger partial charge in [0, 0.05) is 6.61 Å². The molecular formula is C11H20O. The third kappa shape index (κ3) is 6.17. The third-order valence-electron chi connectivity index (χ3n) is 1.69. The van der Waals surface area contributed by atoms with Gasteiger partial charge >= 0.3 is 0 Å². The van der Waals surface area contributed by atoms with Crippen LogP contribution in [0, 0.1) is 5.92 Å². The predicted molar refractivity (Wildman–Crippen MR) is 54.1 cm³/mol. The van der Waals surface area contributed by atoms with Gasteiger partial charge in [-0.05, 0) is 33.1 Å². The molecule has 0 aromatic carbocycles. The molecule has 1 N–H and O–H groups in total. The summed E-state index contributed by atoms with van der Waals surface area (Å²) in [4.78, 5) is 0. The number of aliphatic hydroxyl groups excluding tert-OH is 1. The Balaban J connectivity index is 3.94. The van der Waals surface area contributed by atoms with Crippen molar-refractivity contribution in [1.29, 1.82) is 0 Å². The van der Waals surface area contributed by atoms with Crippen molar-refractivity contribution >= 4 is 0 Å². The first kappa shape index (κ1) is 11.4. The molecule has 0 aliphatic carbocycles. The quantitative estimate of drug-likeness (QED) is 0.640. The van der Waals surface area contributed by atoms with Crippen LogP contribution in [0.1, 0.15) is 34.1 Å². The molecule has 0 radical (unpaired) electrons. The van der Waals surface area contributed by atoms with E-state index in [-0.39, 0.29) is 12.5 Å². The Bertz CT molecular complexity index is 173. The zero-order valence-corrected chi connectivity index (χ0v) is 8.59. The van der Waals surface area contributed by atoms with Gasteiger partial charge in [-0.2, -0.15) is 0 Å². The summed E-state index contributed by atoms with van der Waals surface area (Å²) in [5.41, 5.74) is 2.68. The van der Waals surface area contributed by atoms with Gasteiger partial charge in [-0.3, -0.25) is 0 Å². The number of rotatable bonds is 4. The van der Waals surface area contributed by atoms with Crippen LogP contribution in [0.25, 0.3) is 0 Å². The summed E-state index contributed by atoms with van der Waals surface area (Å²) in [7, 11) is 0. The average Bonchev–Trinajstić information content (AvgIpc) is 2.00. The molecule has 0 aliphatic heterocycles. The van der Waals surface area contributed by atoms with Gasteiger partial charge in [-0.1, -0.05) is 30.2 Å². The minimum Gasteiger partial charge on any atom is -0.396 e. The van der Waals surface area contributed by atoms with Crippen LogP contribution in [0.4, 0.5) is 0 Å². The fourth-order valence-electron chi connectivity index (χ4n) is 0.972.